The van der Waals surface area contributed by atoms with Crippen molar-refractivity contribution in [1.82, 2.24) is 4.90 Å². The highest BCUT2D eigenvalue weighted by Gasteiger charge is 2.61. The number of hydrogen-bond donors (Lipinski definition) is 0. The predicted octanol–water partition coefficient (Wildman–Crippen LogP) is 0.891. The van der Waals surface area contributed by atoms with Crippen LogP contribution in [-0.4, -0.2) is 101 Å². The highest BCUT2D eigenvalue weighted by molar-refractivity contribution is 5.93. The van der Waals surface area contributed by atoms with E-state index in [1.54, 1.807) is 0 Å². The number of nitro benzene ring substituents is 1. The average molecular weight is 669 g/mol. The van der Waals surface area contributed by atoms with Gasteiger partial charge in [0.05, 0.1) is 25.1 Å². The zero-order valence-electron chi connectivity index (χ0n) is 26.7. The number of rotatable bonds is 13. The maximum atomic E-state index is 13.5. The fraction of sp³-hybridized carbons (Fsp3) is 0.552. The lowest BCUT2D eigenvalue weighted by Crippen LogP contribution is -2.70. The van der Waals surface area contributed by atoms with Gasteiger partial charge in [0.1, 0.15) is 24.9 Å². The third kappa shape index (κ3) is 10.3. The molecule has 0 radical (unpaired) electrons. The number of nitrogens with zero attached hydrogens (tertiary/aromatic N) is 2. The van der Waals surface area contributed by atoms with Crippen LogP contribution in [0.15, 0.2) is 24.3 Å². The van der Waals surface area contributed by atoms with Crippen LogP contribution in [0.2, 0.25) is 0 Å². The lowest BCUT2D eigenvalue weighted by molar-refractivity contribution is -0.384. The van der Waals surface area contributed by atoms with Gasteiger partial charge in [-0.2, -0.15) is 0 Å². The van der Waals surface area contributed by atoms with Crippen molar-refractivity contribution in [3.8, 4) is 0 Å². The first-order valence-corrected chi connectivity index (χ1v) is 14.0. The zero-order valence-corrected chi connectivity index (χ0v) is 26.7. The summed E-state index contributed by atoms with van der Waals surface area (Å²) in [5, 5.41) is 11.1. The van der Waals surface area contributed by atoms with Crippen LogP contribution in [0.5, 0.6) is 0 Å². The zero-order chi connectivity index (χ0) is 35.6. The number of amides is 2. The maximum absolute atomic E-state index is 13.5. The van der Waals surface area contributed by atoms with Gasteiger partial charge in [-0.3, -0.25) is 43.8 Å². The Bertz CT molecular complexity index is 1360. The summed E-state index contributed by atoms with van der Waals surface area (Å²) in [6.45, 7) is 4.86. The van der Waals surface area contributed by atoms with Crippen molar-refractivity contribution in [2.75, 3.05) is 13.7 Å². The molecular formula is C29H36N2O16. The molecule has 2 amide bonds. The van der Waals surface area contributed by atoms with Crippen LogP contribution >= 0.6 is 0 Å². The third-order valence-electron chi connectivity index (χ3n) is 6.68. The van der Waals surface area contributed by atoms with E-state index in [0.29, 0.717) is 10.5 Å². The van der Waals surface area contributed by atoms with Gasteiger partial charge >= 0.3 is 29.8 Å². The van der Waals surface area contributed by atoms with Crippen LogP contribution in [0.4, 0.5) is 5.69 Å². The van der Waals surface area contributed by atoms with Gasteiger partial charge in [0, 0.05) is 53.7 Å². The van der Waals surface area contributed by atoms with Crippen LogP contribution in [0.25, 0.3) is 0 Å². The number of benzene rings is 1. The van der Waals surface area contributed by atoms with Gasteiger partial charge in [0.15, 0.2) is 12.2 Å². The molecule has 0 saturated carbocycles. The lowest BCUT2D eigenvalue weighted by Gasteiger charge is -2.50. The summed E-state index contributed by atoms with van der Waals surface area (Å²) in [6, 6.07) is 3.37. The van der Waals surface area contributed by atoms with Gasteiger partial charge in [-0.1, -0.05) is 0 Å². The number of methoxy groups -OCH3 is 1. The molecule has 1 fully saturated rings. The first-order chi connectivity index (χ1) is 21.9. The molecule has 0 aromatic heterocycles. The highest BCUT2D eigenvalue weighted by Crippen LogP contribution is 2.39. The number of hydrogen-bond acceptors (Lipinski definition) is 16. The molecule has 0 spiro atoms. The molecule has 1 aromatic rings. The van der Waals surface area contributed by atoms with Crippen molar-refractivity contribution >= 4 is 47.3 Å². The molecule has 1 heterocycles. The minimum Gasteiger partial charge on any atom is -0.465 e. The van der Waals surface area contributed by atoms with Crippen molar-refractivity contribution in [3.05, 3.63) is 39.9 Å². The molecule has 1 aliphatic rings. The topological polar surface area (TPSA) is 230 Å². The van der Waals surface area contributed by atoms with E-state index in [1.165, 1.54) is 24.3 Å². The van der Waals surface area contributed by atoms with Crippen LogP contribution in [-0.2, 0) is 73.3 Å². The molecule has 1 aliphatic heterocycles. The first-order valence-electron chi connectivity index (χ1n) is 14.0. The Labute approximate surface area is 268 Å². The van der Waals surface area contributed by atoms with E-state index in [-0.39, 0.29) is 5.69 Å². The van der Waals surface area contributed by atoms with Crippen molar-refractivity contribution in [3.63, 3.8) is 0 Å². The van der Waals surface area contributed by atoms with E-state index in [2.05, 4.69) is 0 Å². The Morgan fingerprint density at radius 3 is 1.94 bits per heavy atom. The molecule has 0 unspecified atom stereocenters. The number of ether oxygens (including phenoxy) is 7. The number of carbonyl (C=O) groups excluding carboxylic acids is 7. The predicted molar refractivity (Wildman–Crippen MR) is 152 cm³/mol. The minimum atomic E-state index is -2.53. The van der Waals surface area contributed by atoms with Crippen molar-refractivity contribution in [1.29, 1.82) is 0 Å². The molecule has 258 valence electrons. The van der Waals surface area contributed by atoms with Crippen LogP contribution < -0.4 is 0 Å². The van der Waals surface area contributed by atoms with E-state index < -0.39 is 102 Å². The molecule has 0 aliphatic carbocycles. The summed E-state index contributed by atoms with van der Waals surface area (Å²) in [4.78, 5) is 99.0. The molecular weight excluding hydrogens is 632 g/mol. The Balaban J connectivity index is 2.85. The second-order valence-electron chi connectivity index (χ2n) is 10.3. The summed E-state index contributed by atoms with van der Waals surface area (Å²) in [7, 11) is 0.980. The lowest BCUT2D eigenvalue weighted by atomic mass is 9.86. The van der Waals surface area contributed by atoms with Crippen molar-refractivity contribution < 1.29 is 71.6 Å². The Morgan fingerprint density at radius 1 is 0.915 bits per heavy atom. The van der Waals surface area contributed by atoms with Gasteiger partial charge in [0.25, 0.3) is 11.5 Å². The molecule has 18 heteroatoms. The van der Waals surface area contributed by atoms with Gasteiger partial charge < -0.3 is 33.2 Å². The number of imide groups is 1. The summed E-state index contributed by atoms with van der Waals surface area (Å²) in [5.41, 5.74) is 0.0775. The molecule has 1 saturated heterocycles. The molecule has 6 atom stereocenters. The van der Waals surface area contributed by atoms with Gasteiger partial charge in [-0.25, -0.2) is 4.79 Å². The first kappa shape index (κ1) is 38.2. The fourth-order valence-electron chi connectivity index (χ4n) is 4.98. The Hall–Kier alpha value is -4.97. The number of esters is 5. The van der Waals surface area contributed by atoms with E-state index >= 15 is 0 Å². The Kier molecular flexibility index (Phi) is 13.5. The standard InChI is InChI=1S/C29H36N2O16/c1-15(32)30(16(2)33)25-23(44-18(4)35)12-29(28(38)41-7,43-13-21-8-10-22(11-9-21)31(39)40)47-27(25)26(46-20(6)37)24(45-19(5)36)14-42-17(3)34/h8-11,23-27H,12-14H2,1-7H3/t23-,24+,25+,26+,27+,29-/m0/s1. The van der Waals surface area contributed by atoms with Gasteiger partial charge in [-0.15, -0.1) is 0 Å². The van der Waals surface area contributed by atoms with E-state index in [4.69, 9.17) is 33.2 Å². The molecule has 47 heavy (non-hydrogen) atoms. The number of carbonyl (C=O) groups is 7. The number of nitro groups is 1. The van der Waals surface area contributed by atoms with Crippen molar-refractivity contribution in [2.24, 2.45) is 0 Å². The highest BCUT2D eigenvalue weighted by atomic mass is 16.7. The summed E-state index contributed by atoms with van der Waals surface area (Å²) < 4.78 is 38.4. The quantitative estimate of drug-likeness (QED) is 0.123. The average Bonchev–Trinajstić information content (AvgIpc) is 2.96. The SMILES string of the molecule is COC(=O)[C@]1(OCc2ccc([N+](=O)[O-])cc2)C[C@H](OC(C)=O)[C@@H](N(C(C)=O)C(C)=O)[C@H]([C@H](OC(C)=O)[C@@H](COC(C)=O)OC(C)=O)O1. The second kappa shape index (κ2) is 16.5. The smallest absolute Gasteiger partial charge is 0.366 e. The molecule has 0 N–H and O–H groups in total. The van der Waals surface area contributed by atoms with Crippen molar-refractivity contribution in [2.45, 2.75) is 90.8 Å². The minimum absolute atomic E-state index is 0.231. The van der Waals surface area contributed by atoms with E-state index in [9.17, 15) is 43.7 Å². The largest absolute Gasteiger partial charge is 0.465 e. The van der Waals surface area contributed by atoms with Crippen LogP contribution in [0, 0.1) is 10.1 Å². The third-order valence-corrected chi connectivity index (χ3v) is 6.68. The maximum Gasteiger partial charge on any atom is 0.366 e. The van der Waals surface area contributed by atoms with Crippen LogP contribution in [0.1, 0.15) is 53.5 Å². The summed E-state index contributed by atoms with van der Waals surface area (Å²) in [6.07, 6.45) is -7.72. The second-order valence-corrected chi connectivity index (χ2v) is 10.3. The number of non-ortho nitro benzene ring substituents is 1. The van der Waals surface area contributed by atoms with E-state index in [1.807, 2.05) is 0 Å². The van der Waals surface area contributed by atoms with Gasteiger partial charge in [-0.05, 0) is 17.7 Å². The van der Waals surface area contributed by atoms with Crippen LogP contribution in [0.3, 0.4) is 0 Å². The molecule has 0 bridgehead atoms. The Morgan fingerprint density at radius 2 is 1.49 bits per heavy atom. The molecule has 18 nitrogen and oxygen atoms in total. The van der Waals surface area contributed by atoms with E-state index in [0.717, 1.165) is 48.7 Å². The summed E-state index contributed by atoms with van der Waals surface area (Å²) in [5.74, 6) is -9.19. The monoisotopic (exact) mass is 668 g/mol. The summed E-state index contributed by atoms with van der Waals surface area (Å²) >= 11 is 0. The molecule has 2 rings (SSSR count). The molecule has 1 aromatic carbocycles. The van der Waals surface area contributed by atoms with Gasteiger partial charge in [0.2, 0.25) is 11.8 Å². The normalized spacial score (nSPS) is 21.6. The fourth-order valence-corrected chi connectivity index (χ4v) is 4.98.